The third-order valence-electron chi connectivity index (χ3n) is 3.63. The Morgan fingerprint density at radius 2 is 2.05 bits per heavy atom. The normalized spacial score (nSPS) is 15.1. The number of nitrogen functional groups attached to an aromatic ring is 1. The van der Waals surface area contributed by atoms with Gasteiger partial charge in [-0.05, 0) is 31.4 Å². The molecule has 0 atom stereocenters. The number of anilines is 2. The van der Waals surface area contributed by atoms with Gasteiger partial charge < -0.3 is 16.0 Å². The molecule has 3 rings (SSSR count). The van der Waals surface area contributed by atoms with E-state index in [1.165, 1.54) is 12.7 Å². The maximum Gasteiger partial charge on any atom is 0.241 e. The average Bonchev–Trinajstić information content (AvgIpc) is 2.53. The summed E-state index contributed by atoms with van der Waals surface area (Å²) in [5.74, 6) is 1.12. The van der Waals surface area contributed by atoms with E-state index in [1.807, 2.05) is 11.0 Å². The highest BCUT2D eigenvalue weighted by molar-refractivity contribution is 5.89. The highest BCUT2D eigenvalue weighted by Gasteiger charge is 2.16. The summed E-state index contributed by atoms with van der Waals surface area (Å²) >= 11 is 0. The fourth-order valence-electron chi connectivity index (χ4n) is 2.51. The van der Waals surface area contributed by atoms with Crippen molar-refractivity contribution in [1.82, 2.24) is 19.9 Å². The van der Waals surface area contributed by atoms with Crippen LogP contribution in [0.2, 0.25) is 0 Å². The van der Waals surface area contributed by atoms with E-state index in [9.17, 15) is 4.79 Å². The highest BCUT2D eigenvalue weighted by Crippen LogP contribution is 2.18. The van der Waals surface area contributed by atoms with Crippen molar-refractivity contribution in [2.75, 3.05) is 30.7 Å². The van der Waals surface area contributed by atoms with Gasteiger partial charge in [-0.15, -0.1) is 0 Å². The summed E-state index contributed by atoms with van der Waals surface area (Å²) in [5, 5.41) is 3.84. The number of fused-ring (bicyclic) bond motifs is 1. The SMILES string of the molecule is Nc1ccc2c(NCC(=O)N3CCCCC3)ncnc2n1. The Hall–Kier alpha value is -2.44. The Labute approximate surface area is 122 Å². The van der Waals surface area contributed by atoms with Crippen molar-refractivity contribution in [3.8, 4) is 0 Å². The molecule has 21 heavy (non-hydrogen) atoms. The van der Waals surface area contributed by atoms with Gasteiger partial charge in [-0.2, -0.15) is 0 Å². The van der Waals surface area contributed by atoms with Crippen LogP contribution in [0.15, 0.2) is 18.5 Å². The fourth-order valence-corrected chi connectivity index (χ4v) is 2.51. The van der Waals surface area contributed by atoms with Crippen LogP contribution in [-0.2, 0) is 4.79 Å². The molecule has 0 aliphatic carbocycles. The molecule has 1 amide bonds. The van der Waals surface area contributed by atoms with E-state index in [4.69, 9.17) is 5.73 Å². The molecule has 1 fully saturated rings. The van der Waals surface area contributed by atoms with Crippen LogP contribution in [0.25, 0.3) is 11.0 Å². The maximum absolute atomic E-state index is 12.1. The smallest absolute Gasteiger partial charge is 0.241 e. The van der Waals surface area contributed by atoms with Crippen LogP contribution in [0, 0.1) is 0 Å². The van der Waals surface area contributed by atoms with Crippen LogP contribution in [-0.4, -0.2) is 45.4 Å². The molecule has 2 aromatic heterocycles. The number of aromatic nitrogens is 3. The first-order valence-electron chi connectivity index (χ1n) is 7.13. The Kier molecular flexibility index (Phi) is 3.81. The van der Waals surface area contributed by atoms with Gasteiger partial charge in [0, 0.05) is 13.1 Å². The number of amides is 1. The summed E-state index contributed by atoms with van der Waals surface area (Å²) < 4.78 is 0. The van der Waals surface area contributed by atoms with Crippen LogP contribution in [0.4, 0.5) is 11.6 Å². The monoisotopic (exact) mass is 286 g/mol. The summed E-state index contributed by atoms with van der Waals surface area (Å²) in [4.78, 5) is 26.5. The average molecular weight is 286 g/mol. The Morgan fingerprint density at radius 1 is 1.24 bits per heavy atom. The number of likely N-dealkylation sites (tertiary alicyclic amines) is 1. The van der Waals surface area contributed by atoms with Gasteiger partial charge in [0.05, 0.1) is 11.9 Å². The second-order valence-corrected chi connectivity index (χ2v) is 5.12. The molecule has 3 heterocycles. The molecule has 7 heteroatoms. The van der Waals surface area contributed by atoms with Crippen LogP contribution < -0.4 is 11.1 Å². The van der Waals surface area contributed by atoms with E-state index in [0.717, 1.165) is 31.3 Å². The number of nitrogens with one attached hydrogen (secondary N) is 1. The van der Waals surface area contributed by atoms with Crippen molar-refractivity contribution in [3.05, 3.63) is 18.5 Å². The fraction of sp³-hybridized carbons (Fsp3) is 0.429. The molecule has 1 aliphatic heterocycles. The maximum atomic E-state index is 12.1. The van der Waals surface area contributed by atoms with E-state index in [1.54, 1.807) is 6.07 Å². The summed E-state index contributed by atoms with van der Waals surface area (Å²) in [6.07, 6.45) is 4.81. The zero-order valence-corrected chi connectivity index (χ0v) is 11.7. The van der Waals surface area contributed by atoms with Gasteiger partial charge in [0.15, 0.2) is 5.65 Å². The van der Waals surface area contributed by atoms with Gasteiger partial charge in [0.2, 0.25) is 5.91 Å². The van der Waals surface area contributed by atoms with E-state index >= 15 is 0 Å². The molecular weight excluding hydrogens is 268 g/mol. The zero-order valence-electron chi connectivity index (χ0n) is 11.7. The Bertz CT molecular complexity index is 653. The molecule has 1 aliphatic rings. The molecular formula is C14H18N6O. The number of nitrogens with two attached hydrogens (primary N) is 1. The third kappa shape index (κ3) is 3.01. The Balaban J connectivity index is 1.71. The van der Waals surface area contributed by atoms with Crippen molar-refractivity contribution in [2.24, 2.45) is 0 Å². The first-order chi connectivity index (χ1) is 10.2. The minimum atomic E-state index is 0.102. The summed E-state index contributed by atoms with van der Waals surface area (Å²) in [6.45, 7) is 1.93. The zero-order chi connectivity index (χ0) is 14.7. The van der Waals surface area contributed by atoms with Gasteiger partial charge in [-0.25, -0.2) is 15.0 Å². The van der Waals surface area contributed by atoms with Gasteiger partial charge in [0.25, 0.3) is 0 Å². The predicted octanol–water partition coefficient (Wildman–Crippen LogP) is 1.03. The topological polar surface area (TPSA) is 97.0 Å². The quantitative estimate of drug-likeness (QED) is 0.874. The van der Waals surface area contributed by atoms with Crippen LogP contribution >= 0.6 is 0 Å². The lowest BCUT2D eigenvalue weighted by Crippen LogP contribution is -2.39. The number of nitrogens with zero attached hydrogens (tertiary/aromatic N) is 4. The number of rotatable bonds is 3. The van der Waals surface area contributed by atoms with Crippen molar-refractivity contribution in [3.63, 3.8) is 0 Å². The molecule has 0 unspecified atom stereocenters. The lowest BCUT2D eigenvalue weighted by Gasteiger charge is -2.26. The Morgan fingerprint density at radius 3 is 2.86 bits per heavy atom. The minimum absolute atomic E-state index is 0.102. The summed E-state index contributed by atoms with van der Waals surface area (Å²) in [5.41, 5.74) is 6.17. The van der Waals surface area contributed by atoms with Gasteiger partial charge >= 0.3 is 0 Å². The van der Waals surface area contributed by atoms with Crippen LogP contribution in [0.3, 0.4) is 0 Å². The van der Waals surface area contributed by atoms with Crippen molar-refractivity contribution in [2.45, 2.75) is 19.3 Å². The molecule has 0 aromatic carbocycles. The number of hydrogen-bond acceptors (Lipinski definition) is 6. The van der Waals surface area contributed by atoms with E-state index < -0.39 is 0 Å². The van der Waals surface area contributed by atoms with Gasteiger partial charge in [-0.3, -0.25) is 4.79 Å². The summed E-state index contributed by atoms with van der Waals surface area (Å²) in [6, 6.07) is 3.51. The first kappa shape index (κ1) is 13.5. The second kappa shape index (κ2) is 5.90. The number of carbonyl (C=O) groups is 1. The lowest BCUT2D eigenvalue weighted by molar-refractivity contribution is -0.130. The molecule has 0 radical (unpaired) electrons. The third-order valence-corrected chi connectivity index (χ3v) is 3.63. The number of piperidine rings is 1. The molecule has 3 N–H and O–H groups in total. The van der Waals surface area contributed by atoms with Crippen molar-refractivity contribution < 1.29 is 4.79 Å². The molecule has 0 bridgehead atoms. The molecule has 7 nitrogen and oxygen atoms in total. The molecule has 0 saturated carbocycles. The second-order valence-electron chi connectivity index (χ2n) is 5.12. The van der Waals surface area contributed by atoms with E-state index in [2.05, 4.69) is 20.3 Å². The molecule has 1 saturated heterocycles. The number of carbonyl (C=O) groups excluding carboxylic acids is 1. The van der Waals surface area contributed by atoms with Gasteiger partial charge in [0.1, 0.15) is 18.0 Å². The largest absolute Gasteiger partial charge is 0.384 e. The minimum Gasteiger partial charge on any atom is -0.384 e. The van der Waals surface area contributed by atoms with Gasteiger partial charge in [-0.1, -0.05) is 0 Å². The summed E-state index contributed by atoms with van der Waals surface area (Å²) in [7, 11) is 0. The number of pyridine rings is 1. The standard InChI is InChI=1S/C14H18N6O/c15-11-5-4-10-13(17-9-18-14(10)19-11)16-8-12(21)20-6-2-1-3-7-20/h4-5,9H,1-3,6-8H2,(H3,15,16,17,18,19). The van der Waals surface area contributed by atoms with Crippen LogP contribution in [0.5, 0.6) is 0 Å². The van der Waals surface area contributed by atoms with Crippen LogP contribution in [0.1, 0.15) is 19.3 Å². The van der Waals surface area contributed by atoms with E-state index in [0.29, 0.717) is 17.3 Å². The predicted molar refractivity (Wildman–Crippen MR) is 80.7 cm³/mol. The lowest BCUT2D eigenvalue weighted by atomic mass is 10.1. The molecule has 2 aromatic rings. The van der Waals surface area contributed by atoms with Crippen molar-refractivity contribution in [1.29, 1.82) is 0 Å². The molecule has 0 spiro atoms. The van der Waals surface area contributed by atoms with Crippen molar-refractivity contribution >= 4 is 28.6 Å². The van der Waals surface area contributed by atoms with E-state index in [-0.39, 0.29) is 12.5 Å². The number of hydrogen-bond donors (Lipinski definition) is 2. The highest BCUT2D eigenvalue weighted by atomic mass is 16.2. The molecule has 110 valence electrons. The first-order valence-corrected chi connectivity index (χ1v) is 7.13.